The second kappa shape index (κ2) is 5.62. The van der Waals surface area contributed by atoms with Gasteiger partial charge in [-0.1, -0.05) is 0 Å². The van der Waals surface area contributed by atoms with Crippen LogP contribution in [0.25, 0.3) is 0 Å². The van der Waals surface area contributed by atoms with E-state index in [1.165, 1.54) is 12.8 Å². The summed E-state index contributed by atoms with van der Waals surface area (Å²) in [6.07, 6.45) is 8.41. The molecule has 3 aliphatic rings. The first-order valence-electron chi connectivity index (χ1n) is 8.56. The minimum atomic E-state index is -0.323. The molecule has 7 nitrogen and oxygen atoms in total. The van der Waals surface area contributed by atoms with Gasteiger partial charge in [-0.3, -0.25) is 9.59 Å². The minimum Gasteiger partial charge on any atom is -0.342 e. The van der Waals surface area contributed by atoms with Crippen LogP contribution in [-0.2, 0) is 16.1 Å². The third-order valence-electron chi connectivity index (χ3n) is 5.49. The molecule has 0 radical (unpaired) electrons. The van der Waals surface area contributed by atoms with Gasteiger partial charge in [0.15, 0.2) is 0 Å². The highest BCUT2D eigenvalue weighted by Crippen LogP contribution is 2.41. The van der Waals surface area contributed by atoms with Crippen LogP contribution < -0.4 is 0 Å². The number of piperidine rings is 1. The van der Waals surface area contributed by atoms with E-state index in [4.69, 9.17) is 0 Å². The molecule has 2 amide bonds. The highest BCUT2D eigenvalue weighted by atomic mass is 16.2. The van der Waals surface area contributed by atoms with Gasteiger partial charge in [-0.2, -0.15) is 0 Å². The van der Waals surface area contributed by atoms with Crippen LogP contribution in [0.5, 0.6) is 0 Å². The number of likely N-dealkylation sites (tertiary alicyclic amines) is 2. The molecule has 0 aromatic carbocycles. The van der Waals surface area contributed by atoms with Gasteiger partial charge in [-0.05, 0) is 38.0 Å². The molecule has 1 spiro atoms. The quantitative estimate of drug-likeness (QED) is 0.812. The van der Waals surface area contributed by atoms with Crippen molar-refractivity contribution in [2.45, 2.75) is 38.6 Å². The molecule has 1 aliphatic carbocycles. The zero-order valence-corrected chi connectivity index (χ0v) is 13.4. The standard InChI is InChI=1S/C16H23N5O2/c22-14(9-19-11-17-18-12-19)21-7-5-16(10-21)4-1-6-20(15(16)23)8-13-2-3-13/h11-13H,1-10H2. The summed E-state index contributed by atoms with van der Waals surface area (Å²) in [4.78, 5) is 29.3. The van der Waals surface area contributed by atoms with E-state index in [9.17, 15) is 9.59 Å². The Balaban J connectivity index is 1.41. The van der Waals surface area contributed by atoms with Crippen molar-refractivity contribution >= 4 is 11.8 Å². The maximum atomic E-state index is 13.0. The number of hydrogen-bond acceptors (Lipinski definition) is 4. The molecule has 2 aliphatic heterocycles. The molecule has 1 aromatic rings. The van der Waals surface area contributed by atoms with Crippen molar-refractivity contribution in [1.82, 2.24) is 24.6 Å². The van der Waals surface area contributed by atoms with Crippen molar-refractivity contribution in [3.05, 3.63) is 12.7 Å². The number of nitrogens with zero attached hydrogens (tertiary/aromatic N) is 5. The van der Waals surface area contributed by atoms with Crippen LogP contribution in [0.4, 0.5) is 0 Å². The van der Waals surface area contributed by atoms with Crippen LogP contribution in [-0.4, -0.2) is 62.6 Å². The van der Waals surface area contributed by atoms with Gasteiger partial charge in [0.05, 0.1) is 5.41 Å². The van der Waals surface area contributed by atoms with Crippen molar-refractivity contribution < 1.29 is 9.59 Å². The Morgan fingerprint density at radius 3 is 2.74 bits per heavy atom. The first-order chi connectivity index (χ1) is 11.2. The number of rotatable bonds is 4. The maximum Gasteiger partial charge on any atom is 0.242 e. The topological polar surface area (TPSA) is 71.3 Å². The van der Waals surface area contributed by atoms with Crippen LogP contribution in [0.15, 0.2) is 12.7 Å². The molecule has 1 atom stereocenters. The van der Waals surface area contributed by atoms with E-state index in [1.807, 2.05) is 4.90 Å². The number of carbonyl (C=O) groups is 2. The van der Waals surface area contributed by atoms with Crippen LogP contribution in [0.1, 0.15) is 32.1 Å². The van der Waals surface area contributed by atoms with Crippen molar-refractivity contribution in [1.29, 1.82) is 0 Å². The summed E-state index contributed by atoms with van der Waals surface area (Å²) in [6, 6.07) is 0. The summed E-state index contributed by atoms with van der Waals surface area (Å²) in [5.74, 6) is 1.06. The Morgan fingerprint density at radius 2 is 2.00 bits per heavy atom. The van der Waals surface area contributed by atoms with Gasteiger partial charge in [0.25, 0.3) is 0 Å². The molecule has 23 heavy (non-hydrogen) atoms. The summed E-state index contributed by atoms with van der Waals surface area (Å²) in [7, 11) is 0. The summed E-state index contributed by atoms with van der Waals surface area (Å²) in [6.45, 7) is 3.34. The molecule has 1 aromatic heterocycles. The Morgan fingerprint density at radius 1 is 1.22 bits per heavy atom. The van der Waals surface area contributed by atoms with Gasteiger partial charge < -0.3 is 14.4 Å². The first kappa shape index (κ1) is 14.7. The van der Waals surface area contributed by atoms with Gasteiger partial charge in [0.2, 0.25) is 11.8 Å². The van der Waals surface area contributed by atoms with E-state index in [0.29, 0.717) is 13.1 Å². The Labute approximate surface area is 135 Å². The lowest BCUT2D eigenvalue weighted by atomic mass is 9.78. The second-order valence-corrected chi connectivity index (χ2v) is 7.28. The summed E-state index contributed by atoms with van der Waals surface area (Å²) in [5, 5.41) is 7.44. The van der Waals surface area contributed by atoms with Crippen molar-refractivity contribution in [3.63, 3.8) is 0 Å². The van der Waals surface area contributed by atoms with Crippen molar-refractivity contribution in [2.75, 3.05) is 26.2 Å². The second-order valence-electron chi connectivity index (χ2n) is 7.28. The van der Waals surface area contributed by atoms with E-state index in [1.54, 1.807) is 17.2 Å². The van der Waals surface area contributed by atoms with E-state index in [2.05, 4.69) is 15.1 Å². The molecule has 7 heteroatoms. The average Bonchev–Trinajstić information content (AvgIpc) is 3.03. The first-order valence-corrected chi connectivity index (χ1v) is 8.56. The van der Waals surface area contributed by atoms with Gasteiger partial charge in [-0.25, -0.2) is 0 Å². The highest BCUT2D eigenvalue weighted by molar-refractivity contribution is 5.86. The maximum absolute atomic E-state index is 13.0. The third-order valence-corrected chi connectivity index (χ3v) is 5.49. The molecule has 3 fully saturated rings. The van der Waals surface area contributed by atoms with Crippen molar-refractivity contribution in [2.24, 2.45) is 11.3 Å². The molecule has 2 saturated heterocycles. The zero-order chi connectivity index (χ0) is 15.9. The SMILES string of the molecule is O=C(Cn1cnnc1)N1CCC2(CCCN(CC3CC3)C2=O)C1. The third kappa shape index (κ3) is 2.84. The summed E-state index contributed by atoms with van der Waals surface area (Å²) < 4.78 is 1.68. The van der Waals surface area contributed by atoms with Crippen LogP contribution in [0.2, 0.25) is 0 Å². The predicted molar refractivity (Wildman–Crippen MR) is 82.2 cm³/mol. The molecule has 0 N–H and O–H groups in total. The number of aromatic nitrogens is 3. The van der Waals surface area contributed by atoms with Gasteiger partial charge in [0, 0.05) is 26.2 Å². The summed E-state index contributed by atoms with van der Waals surface area (Å²) in [5.41, 5.74) is -0.323. The summed E-state index contributed by atoms with van der Waals surface area (Å²) >= 11 is 0. The molecular formula is C16H23N5O2. The van der Waals surface area contributed by atoms with Crippen LogP contribution in [0.3, 0.4) is 0 Å². The normalized spacial score (nSPS) is 27.9. The van der Waals surface area contributed by atoms with E-state index >= 15 is 0 Å². The number of carbonyl (C=O) groups excluding carboxylic acids is 2. The fourth-order valence-electron chi connectivity index (χ4n) is 3.96. The lowest BCUT2D eigenvalue weighted by Crippen LogP contribution is -2.51. The lowest BCUT2D eigenvalue weighted by Gasteiger charge is -2.39. The number of hydrogen-bond donors (Lipinski definition) is 0. The van der Waals surface area contributed by atoms with E-state index in [-0.39, 0.29) is 23.8 Å². The smallest absolute Gasteiger partial charge is 0.242 e. The average molecular weight is 317 g/mol. The molecule has 0 bridgehead atoms. The predicted octanol–water partition coefficient (Wildman–Crippen LogP) is 0.529. The molecule has 124 valence electrons. The Bertz CT molecular complexity index is 598. The fraction of sp³-hybridized carbons (Fsp3) is 0.750. The largest absolute Gasteiger partial charge is 0.342 e. The lowest BCUT2D eigenvalue weighted by molar-refractivity contribution is -0.146. The fourth-order valence-corrected chi connectivity index (χ4v) is 3.96. The number of amides is 2. The molecule has 4 rings (SSSR count). The minimum absolute atomic E-state index is 0.0498. The zero-order valence-electron chi connectivity index (χ0n) is 13.4. The van der Waals surface area contributed by atoms with Crippen molar-refractivity contribution in [3.8, 4) is 0 Å². The van der Waals surface area contributed by atoms with Crippen LogP contribution >= 0.6 is 0 Å². The van der Waals surface area contributed by atoms with Crippen LogP contribution in [0, 0.1) is 11.3 Å². The Hall–Kier alpha value is -1.92. The molecular weight excluding hydrogens is 294 g/mol. The van der Waals surface area contributed by atoms with Gasteiger partial charge in [0.1, 0.15) is 19.2 Å². The van der Waals surface area contributed by atoms with E-state index in [0.717, 1.165) is 38.3 Å². The van der Waals surface area contributed by atoms with Gasteiger partial charge >= 0.3 is 0 Å². The molecule has 3 heterocycles. The molecule has 1 saturated carbocycles. The van der Waals surface area contributed by atoms with Gasteiger partial charge in [-0.15, -0.1) is 10.2 Å². The Kier molecular flexibility index (Phi) is 3.58. The van der Waals surface area contributed by atoms with E-state index < -0.39 is 0 Å². The monoisotopic (exact) mass is 317 g/mol. The highest BCUT2D eigenvalue weighted by Gasteiger charge is 2.49. The molecule has 1 unspecified atom stereocenters.